The lowest BCUT2D eigenvalue weighted by atomic mass is 9.81. The molecule has 0 unspecified atom stereocenters. The number of allylic oxidation sites excluding steroid dienone is 8. The van der Waals surface area contributed by atoms with Crippen LogP contribution in [0.4, 0.5) is 11.4 Å². The summed E-state index contributed by atoms with van der Waals surface area (Å²) >= 11 is 4.77. The molecule has 0 fully saturated rings. The highest BCUT2D eigenvalue weighted by Gasteiger charge is 2.45. The average Bonchev–Trinajstić information content (AvgIpc) is 3.15. The first-order valence-electron chi connectivity index (χ1n) is 12.5. The Hall–Kier alpha value is -2.29. The summed E-state index contributed by atoms with van der Waals surface area (Å²) < 4.78 is 37.1. The molecule has 0 bridgehead atoms. The largest absolute Gasteiger partial charge is 0.477 e. The topological polar surface area (TPSA) is 97.9 Å². The van der Waals surface area contributed by atoms with Crippen LogP contribution in [0.5, 0.6) is 0 Å². The number of anilines is 1. The van der Waals surface area contributed by atoms with Gasteiger partial charge < -0.3 is 10.0 Å². The van der Waals surface area contributed by atoms with Gasteiger partial charge in [-0.1, -0.05) is 44.2 Å². The van der Waals surface area contributed by atoms with E-state index in [2.05, 4.69) is 89.2 Å². The Labute approximate surface area is 262 Å². The number of carboxylic acids is 1. The van der Waals surface area contributed by atoms with Crippen molar-refractivity contribution < 1.29 is 27.4 Å². The molecule has 210 valence electrons. The Balaban J connectivity index is 1.57. The summed E-state index contributed by atoms with van der Waals surface area (Å²) in [6.07, 6.45) is 13.5. The van der Waals surface area contributed by atoms with Gasteiger partial charge in [-0.05, 0) is 89.4 Å². The van der Waals surface area contributed by atoms with Crippen LogP contribution in [0.25, 0.3) is 0 Å². The van der Waals surface area contributed by atoms with Crippen molar-refractivity contribution in [3.8, 4) is 0 Å². The predicted octanol–water partition coefficient (Wildman–Crippen LogP) is 6.58. The molecule has 2 aromatic rings. The first-order valence-corrected chi connectivity index (χ1v) is 16.1. The van der Waals surface area contributed by atoms with Crippen molar-refractivity contribution in [2.24, 2.45) is 0 Å². The second-order valence-corrected chi connectivity index (χ2v) is 14.6. The van der Waals surface area contributed by atoms with Crippen molar-refractivity contribution in [1.82, 2.24) is 0 Å². The van der Waals surface area contributed by atoms with Crippen LogP contribution in [0.3, 0.4) is 0 Å². The number of likely N-dealkylation sites (N-methyl/N-ethyl adjacent to an activating group) is 1. The summed E-state index contributed by atoms with van der Waals surface area (Å²) in [6, 6.07) is 8.66. The van der Waals surface area contributed by atoms with Gasteiger partial charge in [-0.25, -0.2) is 4.79 Å². The van der Waals surface area contributed by atoms with Gasteiger partial charge in [0, 0.05) is 54.3 Å². The molecule has 0 aromatic heterocycles. The Morgan fingerprint density at radius 1 is 1.00 bits per heavy atom. The summed E-state index contributed by atoms with van der Waals surface area (Å²) in [5.74, 6) is -1.01. The molecular formula is C30H31I2N2O5S+. The molecule has 4 rings (SSSR count). The van der Waals surface area contributed by atoms with Crippen LogP contribution in [0.2, 0.25) is 0 Å². The average molecular weight is 785 g/mol. The molecule has 0 aliphatic carbocycles. The maximum Gasteiger partial charge on any atom is 0.370 e. The maximum atomic E-state index is 11.7. The highest BCUT2D eigenvalue weighted by Crippen LogP contribution is 2.49. The van der Waals surface area contributed by atoms with Crippen LogP contribution in [0.15, 0.2) is 83.5 Å². The van der Waals surface area contributed by atoms with Crippen molar-refractivity contribution >= 4 is 78.4 Å². The third-order valence-electron chi connectivity index (χ3n) is 7.43. The number of carboxylic acid groups (broad SMARTS) is 1. The number of fused-ring (bicyclic) bond motifs is 2. The molecule has 0 atom stereocenters. The van der Waals surface area contributed by atoms with Crippen LogP contribution in [-0.2, 0) is 25.7 Å². The van der Waals surface area contributed by atoms with E-state index in [4.69, 9.17) is 0 Å². The normalized spacial score (nSPS) is 19.0. The van der Waals surface area contributed by atoms with Crippen LogP contribution in [0, 0.1) is 7.14 Å². The van der Waals surface area contributed by atoms with Crippen molar-refractivity contribution in [1.29, 1.82) is 0 Å². The van der Waals surface area contributed by atoms with Gasteiger partial charge in [0.2, 0.25) is 12.2 Å². The zero-order valence-electron chi connectivity index (χ0n) is 22.8. The minimum Gasteiger partial charge on any atom is -0.477 e. The van der Waals surface area contributed by atoms with E-state index in [1.807, 2.05) is 50.3 Å². The van der Waals surface area contributed by atoms with E-state index in [9.17, 15) is 22.9 Å². The second-order valence-electron chi connectivity index (χ2n) is 10.8. The molecule has 0 spiro atoms. The maximum absolute atomic E-state index is 11.7. The van der Waals surface area contributed by atoms with Gasteiger partial charge >= 0.3 is 5.97 Å². The van der Waals surface area contributed by atoms with Crippen LogP contribution in [-0.4, -0.2) is 47.9 Å². The zero-order valence-corrected chi connectivity index (χ0v) is 27.9. The molecule has 7 nitrogen and oxygen atoms in total. The van der Waals surface area contributed by atoms with Crippen molar-refractivity contribution in [2.75, 3.05) is 18.5 Å². The summed E-state index contributed by atoms with van der Waals surface area (Å²) in [6.45, 7) is 8.00. The molecule has 40 heavy (non-hydrogen) atoms. The van der Waals surface area contributed by atoms with Crippen LogP contribution >= 0.6 is 45.2 Å². The van der Waals surface area contributed by atoms with Crippen LogP contribution in [0.1, 0.15) is 38.8 Å². The lowest BCUT2D eigenvalue weighted by molar-refractivity contribution is -0.428. The smallest absolute Gasteiger partial charge is 0.370 e. The van der Waals surface area contributed by atoms with Gasteiger partial charge in [-0.2, -0.15) is 13.0 Å². The molecule has 10 heteroatoms. The molecule has 2 aromatic carbocycles. The minimum absolute atomic E-state index is 0.124. The number of hydrogen-bond donors (Lipinski definition) is 2. The monoisotopic (exact) mass is 785 g/mol. The van der Waals surface area contributed by atoms with E-state index in [1.165, 1.54) is 42.3 Å². The molecule has 2 heterocycles. The highest BCUT2D eigenvalue weighted by atomic mass is 127. The fourth-order valence-electron chi connectivity index (χ4n) is 5.55. The second kappa shape index (κ2) is 11.2. The lowest BCUT2D eigenvalue weighted by Gasteiger charge is -2.24. The molecule has 0 radical (unpaired) electrons. The number of benzene rings is 2. The summed E-state index contributed by atoms with van der Waals surface area (Å²) in [5, 5.41) is 9.52. The number of rotatable bonds is 7. The minimum atomic E-state index is -4.39. The van der Waals surface area contributed by atoms with E-state index < -0.39 is 21.5 Å². The number of nitrogens with zero attached hydrogens (tertiary/aromatic N) is 2. The molecule has 2 aliphatic heterocycles. The predicted molar refractivity (Wildman–Crippen MR) is 176 cm³/mol. The number of hydrogen-bond acceptors (Lipinski definition) is 4. The van der Waals surface area contributed by atoms with E-state index in [1.54, 1.807) is 4.58 Å². The first kappa shape index (κ1) is 30.7. The van der Waals surface area contributed by atoms with Crippen molar-refractivity contribution in [3.63, 3.8) is 0 Å². The van der Waals surface area contributed by atoms with Gasteiger partial charge in [-0.3, -0.25) is 4.55 Å². The van der Waals surface area contributed by atoms with Crippen LogP contribution < -0.4 is 4.90 Å². The quantitative estimate of drug-likeness (QED) is 0.143. The van der Waals surface area contributed by atoms with Crippen molar-refractivity contribution in [3.05, 3.63) is 96.8 Å². The summed E-state index contributed by atoms with van der Waals surface area (Å²) in [5.41, 5.74) is 4.91. The van der Waals surface area contributed by atoms with Gasteiger partial charge in [-0.15, -0.1) is 0 Å². The van der Waals surface area contributed by atoms with E-state index in [0.717, 1.165) is 0 Å². The lowest BCUT2D eigenvalue weighted by Crippen LogP contribution is -2.29. The van der Waals surface area contributed by atoms with E-state index in [-0.39, 0.29) is 16.9 Å². The van der Waals surface area contributed by atoms with Gasteiger partial charge in [0.15, 0.2) is 5.71 Å². The molecule has 2 aliphatic rings. The standard InChI is InChI=1S/C30H30I2N2O5S/c1-29(2)21-17-20(40(37,38)39)13-14-23(21)34(18-27(35)36)26(29)12-10-8-6-7-9-11-25-30(3,4)28-22(32)15-19(31)16-24(28)33(25)5/h6-17H,18H2,1-5H3,(H-,35,36,37,38,39)/p+1. The highest BCUT2D eigenvalue weighted by molar-refractivity contribution is 14.1. The SMILES string of the molecule is CN1C(=CC=CC=CC=CC2=[N+](CC(=O)O)c3ccc(S(=O)(=O)O)cc3C2(C)C)C(C)(C)c2c(I)cc(I)cc21. The molecule has 2 N–H and O–H groups in total. The number of carbonyl (C=O) groups is 1. The molecule has 0 saturated heterocycles. The number of aliphatic carboxylic acids is 1. The third kappa shape index (κ3) is 5.72. The number of halogens is 2. The van der Waals surface area contributed by atoms with Gasteiger partial charge in [0.1, 0.15) is 0 Å². The first-order chi connectivity index (χ1) is 18.6. The van der Waals surface area contributed by atoms with Gasteiger partial charge in [0.05, 0.1) is 10.3 Å². The Kier molecular flexibility index (Phi) is 8.57. The third-order valence-corrected chi connectivity index (χ3v) is 9.75. The van der Waals surface area contributed by atoms with Crippen molar-refractivity contribution in [2.45, 2.75) is 43.4 Å². The van der Waals surface area contributed by atoms with E-state index in [0.29, 0.717) is 17.0 Å². The molecule has 0 saturated carbocycles. The summed E-state index contributed by atoms with van der Waals surface area (Å²) in [4.78, 5) is 13.7. The Morgan fingerprint density at radius 2 is 1.65 bits per heavy atom. The Morgan fingerprint density at radius 3 is 2.30 bits per heavy atom. The zero-order chi connectivity index (χ0) is 29.6. The fourth-order valence-corrected chi connectivity index (χ4v) is 8.54. The fraction of sp³-hybridized carbons (Fsp3) is 0.267. The van der Waals surface area contributed by atoms with E-state index >= 15 is 0 Å². The Bertz CT molecular complexity index is 1660. The molecule has 0 amide bonds. The summed E-state index contributed by atoms with van der Waals surface area (Å²) in [7, 11) is -2.29. The van der Waals surface area contributed by atoms with Gasteiger partial charge in [0.25, 0.3) is 10.1 Å². The molecular weight excluding hydrogens is 754 g/mol.